The zero-order valence-electron chi connectivity index (χ0n) is 10.9. The lowest BCUT2D eigenvalue weighted by molar-refractivity contribution is 0.0991. The molecular weight excluding hydrogens is 256 g/mol. The minimum Gasteiger partial charge on any atom is -0.297 e. The number of carbonyl (C=O) groups excluding carboxylic acids is 1. The van der Waals surface area contributed by atoms with E-state index in [1.807, 2.05) is 54.2 Å². The predicted octanol–water partition coefficient (Wildman–Crippen LogP) is 3.44. The summed E-state index contributed by atoms with van der Waals surface area (Å²) in [6.07, 6.45) is 4.24. The Morgan fingerprint density at radius 3 is 3.00 bits per heavy atom. The van der Waals surface area contributed by atoms with E-state index in [-0.39, 0.29) is 5.78 Å². The van der Waals surface area contributed by atoms with Gasteiger partial charge in [0.15, 0.2) is 10.7 Å². The second-order valence-corrected chi connectivity index (χ2v) is 5.55. The van der Waals surface area contributed by atoms with Crippen molar-refractivity contribution in [3.8, 4) is 0 Å². The van der Waals surface area contributed by atoms with Gasteiger partial charge in [0.2, 0.25) is 0 Å². The van der Waals surface area contributed by atoms with Gasteiger partial charge in [0.05, 0.1) is 12.1 Å². The van der Waals surface area contributed by atoms with Gasteiger partial charge in [0.25, 0.3) is 0 Å². The molecule has 0 aliphatic rings. The Morgan fingerprint density at radius 1 is 1.37 bits per heavy atom. The molecule has 0 aliphatic heterocycles. The van der Waals surface area contributed by atoms with Gasteiger partial charge in [-0.1, -0.05) is 18.2 Å². The fraction of sp³-hybridized carbons (Fsp3) is 0.200. The molecule has 0 aliphatic carbocycles. The number of aryl methyl sites for hydroxylation is 1. The van der Waals surface area contributed by atoms with Crippen LogP contribution in [-0.2, 0) is 6.42 Å². The van der Waals surface area contributed by atoms with E-state index in [1.54, 1.807) is 11.3 Å². The highest BCUT2D eigenvalue weighted by atomic mass is 32.1. The van der Waals surface area contributed by atoms with Crippen LogP contribution >= 0.6 is 11.3 Å². The molecule has 0 unspecified atom stereocenters. The Balaban J connectivity index is 1.88. The number of imidazole rings is 1. The summed E-state index contributed by atoms with van der Waals surface area (Å²) in [6, 6.07) is 5.85. The summed E-state index contributed by atoms with van der Waals surface area (Å²) in [5.74, 6) is 0.131. The van der Waals surface area contributed by atoms with E-state index in [9.17, 15) is 4.79 Å². The largest absolute Gasteiger partial charge is 0.297 e. The molecule has 4 heteroatoms. The molecule has 0 saturated carbocycles. The van der Waals surface area contributed by atoms with E-state index in [1.165, 1.54) is 0 Å². The topological polar surface area (TPSA) is 34.4 Å². The van der Waals surface area contributed by atoms with Crippen LogP contribution in [0.3, 0.4) is 0 Å². The molecule has 0 saturated heterocycles. The van der Waals surface area contributed by atoms with Crippen LogP contribution in [0.4, 0.5) is 0 Å². The minimum absolute atomic E-state index is 0.131. The Kier molecular flexibility index (Phi) is 2.95. The molecule has 0 radical (unpaired) electrons. The highest BCUT2D eigenvalue weighted by Gasteiger charge is 2.13. The summed E-state index contributed by atoms with van der Waals surface area (Å²) in [5.41, 5.74) is 3.85. The molecule has 3 aromatic rings. The van der Waals surface area contributed by atoms with E-state index in [4.69, 9.17) is 0 Å². The van der Waals surface area contributed by atoms with Crippen molar-refractivity contribution in [1.29, 1.82) is 0 Å². The highest BCUT2D eigenvalue weighted by molar-refractivity contribution is 7.15. The molecule has 0 spiro atoms. The average molecular weight is 270 g/mol. The van der Waals surface area contributed by atoms with Crippen molar-refractivity contribution >= 4 is 22.1 Å². The number of rotatable bonds is 3. The van der Waals surface area contributed by atoms with Crippen molar-refractivity contribution in [3.63, 3.8) is 0 Å². The lowest BCUT2D eigenvalue weighted by Gasteiger charge is -2.06. The maximum absolute atomic E-state index is 12.3. The van der Waals surface area contributed by atoms with E-state index in [0.717, 1.165) is 27.3 Å². The second-order valence-electron chi connectivity index (χ2n) is 4.67. The fourth-order valence-electron chi connectivity index (χ4n) is 2.17. The molecule has 3 rings (SSSR count). The zero-order chi connectivity index (χ0) is 13.4. The summed E-state index contributed by atoms with van der Waals surface area (Å²) >= 11 is 1.58. The van der Waals surface area contributed by atoms with Gasteiger partial charge in [0, 0.05) is 23.3 Å². The van der Waals surface area contributed by atoms with Gasteiger partial charge in [0.1, 0.15) is 0 Å². The highest BCUT2D eigenvalue weighted by Crippen LogP contribution is 2.17. The molecule has 0 atom stereocenters. The van der Waals surface area contributed by atoms with Crippen LogP contribution in [0.25, 0.3) is 4.96 Å². The first kappa shape index (κ1) is 12.1. The third-order valence-corrected chi connectivity index (χ3v) is 4.16. The van der Waals surface area contributed by atoms with Crippen LogP contribution in [0.5, 0.6) is 0 Å². The Morgan fingerprint density at radius 2 is 2.21 bits per heavy atom. The molecule has 1 aromatic carbocycles. The number of benzene rings is 1. The lowest BCUT2D eigenvalue weighted by Crippen LogP contribution is -2.06. The molecule has 19 heavy (non-hydrogen) atoms. The van der Waals surface area contributed by atoms with Crippen molar-refractivity contribution in [1.82, 2.24) is 9.38 Å². The van der Waals surface area contributed by atoms with Crippen molar-refractivity contribution in [2.75, 3.05) is 0 Å². The first-order chi connectivity index (χ1) is 9.15. The number of hydrogen-bond donors (Lipinski definition) is 0. The van der Waals surface area contributed by atoms with E-state index < -0.39 is 0 Å². The minimum atomic E-state index is 0.131. The fourth-order valence-corrected chi connectivity index (χ4v) is 2.89. The monoisotopic (exact) mass is 270 g/mol. The van der Waals surface area contributed by atoms with Gasteiger partial charge in [-0.2, -0.15) is 0 Å². The van der Waals surface area contributed by atoms with Crippen molar-refractivity contribution in [2.45, 2.75) is 20.3 Å². The van der Waals surface area contributed by atoms with Crippen molar-refractivity contribution in [2.24, 2.45) is 0 Å². The zero-order valence-corrected chi connectivity index (χ0v) is 11.7. The third kappa shape index (κ3) is 2.19. The number of carbonyl (C=O) groups is 1. The number of Topliss-reactive ketones (excluding diaryl/α,β-unsaturated/α-hetero) is 1. The maximum Gasteiger partial charge on any atom is 0.193 e. The standard InChI is InChI=1S/C15H14N2OS/c1-10-4-3-5-13(11(10)2)14(18)8-12-9-17-6-7-19-15(17)16-12/h3-7,9H,8H2,1-2H3. The number of hydrogen-bond acceptors (Lipinski definition) is 3. The summed E-state index contributed by atoms with van der Waals surface area (Å²) in [7, 11) is 0. The van der Waals surface area contributed by atoms with E-state index in [2.05, 4.69) is 4.98 Å². The Hall–Kier alpha value is -1.94. The van der Waals surface area contributed by atoms with Gasteiger partial charge in [-0.25, -0.2) is 4.98 Å². The first-order valence-electron chi connectivity index (χ1n) is 6.15. The van der Waals surface area contributed by atoms with Crippen LogP contribution in [-0.4, -0.2) is 15.2 Å². The van der Waals surface area contributed by atoms with Crippen molar-refractivity contribution < 1.29 is 4.79 Å². The number of ketones is 1. The second kappa shape index (κ2) is 4.63. The molecule has 0 amide bonds. The molecule has 2 aromatic heterocycles. The van der Waals surface area contributed by atoms with Crippen LogP contribution in [0.1, 0.15) is 27.2 Å². The van der Waals surface area contributed by atoms with Crippen LogP contribution < -0.4 is 0 Å². The van der Waals surface area contributed by atoms with Crippen LogP contribution in [0.15, 0.2) is 36.0 Å². The Labute approximate surface area is 115 Å². The third-order valence-electron chi connectivity index (χ3n) is 3.39. The average Bonchev–Trinajstić information content (AvgIpc) is 2.93. The summed E-state index contributed by atoms with van der Waals surface area (Å²) < 4.78 is 1.95. The van der Waals surface area contributed by atoms with Gasteiger partial charge in [-0.05, 0) is 25.0 Å². The molecule has 3 nitrogen and oxygen atoms in total. The van der Waals surface area contributed by atoms with Crippen LogP contribution in [0.2, 0.25) is 0 Å². The first-order valence-corrected chi connectivity index (χ1v) is 7.03. The predicted molar refractivity (Wildman–Crippen MR) is 77.0 cm³/mol. The van der Waals surface area contributed by atoms with E-state index >= 15 is 0 Å². The maximum atomic E-state index is 12.3. The van der Waals surface area contributed by atoms with Gasteiger partial charge in [-0.15, -0.1) is 11.3 Å². The summed E-state index contributed by atoms with van der Waals surface area (Å²) in [6.45, 7) is 4.02. The summed E-state index contributed by atoms with van der Waals surface area (Å²) in [4.78, 5) is 17.7. The van der Waals surface area contributed by atoms with Gasteiger partial charge >= 0.3 is 0 Å². The smallest absolute Gasteiger partial charge is 0.193 e. The molecule has 0 bridgehead atoms. The van der Waals surface area contributed by atoms with Gasteiger partial charge in [-0.3, -0.25) is 9.20 Å². The molecular formula is C15H14N2OS. The molecule has 0 fully saturated rings. The van der Waals surface area contributed by atoms with Gasteiger partial charge < -0.3 is 0 Å². The van der Waals surface area contributed by atoms with E-state index in [0.29, 0.717) is 6.42 Å². The lowest BCUT2D eigenvalue weighted by atomic mass is 9.98. The quantitative estimate of drug-likeness (QED) is 0.683. The molecule has 96 valence electrons. The SMILES string of the molecule is Cc1cccc(C(=O)Cc2cn3ccsc3n2)c1C. The number of fused-ring (bicyclic) bond motifs is 1. The number of thiazole rings is 1. The number of nitrogens with zero attached hydrogens (tertiary/aromatic N) is 2. The molecule has 2 heterocycles. The summed E-state index contributed by atoms with van der Waals surface area (Å²) in [5, 5.41) is 1.98. The normalized spacial score (nSPS) is 11.1. The number of aromatic nitrogens is 2. The molecule has 0 N–H and O–H groups in total. The van der Waals surface area contributed by atoms with Crippen molar-refractivity contribution in [3.05, 3.63) is 58.4 Å². The van der Waals surface area contributed by atoms with Crippen LogP contribution in [0, 0.1) is 13.8 Å². The Bertz CT molecular complexity index is 726.